The SMILES string of the molecule is O=C(O)CCC(=O)N1C(=O)OCC1Cc1ccccc1. The van der Waals surface area contributed by atoms with Crippen LogP contribution in [0.25, 0.3) is 0 Å². The molecular weight excluding hydrogens is 262 g/mol. The fourth-order valence-electron chi connectivity index (χ4n) is 2.14. The van der Waals surface area contributed by atoms with Crippen molar-refractivity contribution in [3.8, 4) is 0 Å². The Balaban J connectivity index is 2.03. The van der Waals surface area contributed by atoms with Gasteiger partial charge in [0, 0.05) is 6.42 Å². The fourth-order valence-corrected chi connectivity index (χ4v) is 2.14. The van der Waals surface area contributed by atoms with Gasteiger partial charge in [-0.3, -0.25) is 9.59 Å². The molecule has 0 bridgehead atoms. The van der Waals surface area contributed by atoms with Crippen molar-refractivity contribution in [2.45, 2.75) is 25.3 Å². The van der Waals surface area contributed by atoms with Gasteiger partial charge >= 0.3 is 12.1 Å². The van der Waals surface area contributed by atoms with Crippen LogP contribution >= 0.6 is 0 Å². The van der Waals surface area contributed by atoms with Crippen molar-refractivity contribution in [1.82, 2.24) is 4.90 Å². The quantitative estimate of drug-likeness (QED) is 0.880. The monoisotopic (exact) mass is 277 g/mol. The number of benzene rings is 1. The number of carboxylic acids is 1. The van der Waals surface area contributed by atoms with E-state index in [9.17, 15) is 14.4 Å². The average Bonchev–Trinajstić information content (AvgIpc) is 2.78. The van der Waals surface area contributed by atoms with E-state index in [4.69, 9.17) is 9.84 Å². The Hall–Kier alpha value is -2.37. The smallest absolute Gasteiger partial charge is 0.416 e. The normalized spacial score (nSPS) is 17.9. The molecule has 1 N–H and O–H groups in total. The summed E-state index contributed by atoms with van der Waals surface area (Å²) < 4.78 is 4.90. The number of imide groups is 1. The van der Waals surface area contributed by atoms with E-state index < -0.39 is 18.0 Å². The molecule has 1 fully saturated rings. The number of hydrogen-bond donors (Lipinski definition) is 1. The van der Waals surface area contributed by atoms with Gasteiger partial charge in [0.05, 0.1) is 12.5 Å². The van der Waals surface area contributed by atoms with Crippen LogP contribution in [-0.2, 0) is 20.7 Å². The molecule has 0 spiro atoms. The highest BCUT2D eigenvalue weighted by molar-refractivity contribution is 5.94. The third-order valence-corrected chi connectivity index (χ3v) is 3.10. The third-order valence-electron chi connectivity index (χ3n) is 3.10. The fraction of sp³-hybridized carbons (Fsp3) is 0.357. The van der Waals surface area contributed by atoms with Crippen molar-refractivity contribution in [2.75, 3.05) is 6.61 Å². The van der Waals surface area contributed by atoms with Gasteiger partial charge < -0.3 is 9.84 Å². The molecule has 6 heteroatoms. The summed E-state index contributed by atoms with van der Waals surface area (Å²) in [5.41, 5.74) is 0.992. The van der Waals surface area contributed by atoms with Crippen LogP contribution in [0.1, 0.15) is 18.4 Å². The molecule has 1 saturated heterocycles. The number of carbonyl (C=O) groups is 3. The Morgan fingerprint density at radius 1 is 1.25 bits per heavy atom. The minimum atomic E-state index is -1.06. The number of cyclic esters (lactones) is 1. The number of nitrogens with zero attached hydrogens (tertiary/aromatic N) is 1. The van der Waals surface area contributed by atoms with Gasteiger partial charge in [-0.2, -0.15) is 0 Å². The van der Waals surface area contributed by atoms with E-state index in [1.54, 1.807) is 0 Å². The van der Waals surface area contributed by atoms with E-state index in [2.05, 4.69) is 0 Å². The second kappa shape index (κ2) is 6.18. The maximum absolute atomic E-state index is 11.9. The van der Waals surface area contributed by atoms with Crippen molar-refractivity contribution >= 4 is 18.0 Å². The molecule has 1 aliphatic heterocycles. The molecule has 1 aromatic carbocycles. The predicted molar refractivity (Wildman–Crippen MR) is 69.0 cm³/mol. The lowest BCUT2D eigenvalue weighted by Gasteiger charge is -2.19. The minimum Gasteiger partial charge on any atom is -0.481 e. The number of ether oxygens (including phenoxy) is 1. The van der Waals surface area contributed by atoms with Crippen LogP contribution in [0, 0.1) is 0 Å². The number of carboxylic acid groups (broad SMARTS) is 1. The molecule has 1 atom stereocenters. The van der Waals surface area contributed by atoms with Gasteiger partial charge in [0.1, 0.15) is 6.61 Å². The minimum absolute atomic E-state index is 0.145. The van der Waals surface area contributed by atoms with Crippen LogP contribution in [0.5, 0.6) is 0 Å². The van der Waals surface area contributed by atoms with Crippen molar-refractivity contribution in [3.63, 3.8) is 0 Å². The van der Waals surface area contributed by atoms with E-state index in [0.717, 1.165) is 10.5 Å². The van der Waals surface area contributed by atoms with Gasteiger partial charge in [0.15, 0.2) is 0 Å². The summed E-state index contributed by atoms with van der Waals surface area (Å²) in [6.45, 7) is 0.145. The van der Waals surface area contributed by atoms with Gasteiger partial charge in [0.25, 0.3) is 0 Å². The highest BCUT2D eigenvalue weighted by Gasteiger charge is 2.37. The molecule has 1 unspecified atom stereocenters. The van der Waals surface area contributed by atoms with Crippen molar-refractivity contribution in [1.29, 1.82) is 0 Å². The molecule has 0 saturated carbocycles. The molecule has 6 nitrogen and oxygen atoms in total. The third kappa shape index (κ3) is 3.34. The number of hydrogen-bond acceptors (Lipinski definition) is 4. The van der Waals surface area contributed by atoms with Gasteiger partial charge in [-0.05, 0) is 12.0 Å². The van der Waals surface area contributed by atoms with E-state index in [-0.39, 0.29) is 25.5 Å². The van der Waals surface area contributed by atoms with Gasteiger partial charge in [0.2, 0.25) is 5.91 Å². The van der Waals surface area contributed by atoms with Gasteiger partial charge in [-0.25, -0.2) is 9.69 Å². The number of rotatable bonds is 5. The maximum Gasteiger partial charge on any atom is 0.416 e. The Kier molecular flexibility index (Phi) is 4.34. The Morgan fingerprint density at radius 3 is 2.60 bits per heavy atom. The van der Waals surface area contributed by atoms with Gasteiger partial charge in [-0.15, -0.1) is 0 Å². The number of carbonyl (C=O) groups excluding carboxylic acids is 2. The van der Waals surface area contributed by atoms with Crippen molar-refractivity contribution < 1.29 is 24.2 Å². The van der Waals surface area contributed by atoms with Crippen LogP contribution in [-0.4, -0.2) is 40.6 Å². The first-order valence-electron chi connectivity index (χ1n) is 6.32. The van der Waals surface area contributed by atoms with E-state index in [0.29, 0.717) is 6.42 Å². The van der Waals surface area contributed by atoms with Crippen LogP contribution in [0.4, 0.5) is 4.79 Å². The Bertz CT molecular complexity index is 514. The molecule has 1 aromatic rings. The number of amides is 2. The first kappa shape index (κ1) is 14.0. The van der Waals surface area contributed by atoms with Crippen LogP contribution in [0.15, 0.2) is 30.3 Å². The van der Waals surface area contributed by atoms with E-state index in [1.807, 2.05) is 30.3 Å². The highest BCUT2D eigenvalue weighted by Crippen LogP contribution is 2.18. The second-order valence-electron chi connectivity index (χ2n) is 4.58. The highest BCUT2D eigenvalue weighted by atomic mass is 16.6. The lowest BCUT2D eigenvalue weighted by atomic mass is 10.1. The predicted octanol–water partition coefficient (Wildman–Crippen LogP) is 1.44. The molecule has 20 heavy (non-hydrogen) atoms. The zero-order chi connectivity index (χ0) is 14.5. The van der Waals surface area contributed by atoms with Crippen LogP contribution < -0.4 is 0 Å². The van der Waals surface area contributed by atoms with Gasteiger partial charge in [-0.1, -0.05) is 30.3 Å². The largest absolute Gasteiger partial charge is 0.481 e. The Morgan fingerprint density at radius 2 is 1.95 bits per heavy atom. The summed E-state index contributed by atoms with van der Waals surface area (Å²) in [6.07, 6.45) is -0.678. The van der Waals surface area contributed by atoms with E-state index in [1.165, 1.54) is 0 Å². The topological polar surface area (TPSA) is 83.9 Å². The molecular formula is C14H15NO5. The first-order valence-corrected chi connectivity index (χ1v) is 6.32. The molecule has 2 amide bonds. The molecule has 2 rings (SSSR count). The zero-order valence-electron chi connectivity index (χ0n) is 10.8. The van der Waals surface area contributed by atoms with Crippen molar-refractivity contribution in [2.24, 2.45) is 0 Å². The standard InChI is InChI=1S/C14H15NO5/c16-12(6-7-13(17)18)15-11(9-20-14(15)19)8-10-4-2-1-3-5-10/h1-5,11H,6-9H2,(H,17,18). The molecule has 0 radical (unpaired) electrons. The summed E-state index contributed by atoms with van der Waals surface area (Å²) >= 11 is 0. The Labute approximate surface area is 115 Å². The molecule has 1 heterocycles. The second-order valence-corrected chi connectivity index (χ2v) is 4.58. The number of aliphatic carboxylic acids is 1. The summed E-state index contributed by atoms with van der Waals surface area (Å²) in [4.78, 5) is 35.0. The maximum atomic E-state index is 11.9. The molecule has 1 aliphatic rings. The summed E-state index contributed by atoms with van der Waals surface area (Å²) in [5.74, 6) is -1.57. The zero-order valence-corrected chi connectivity index (χ0v) is 10.8. The van der Waals surface area contributed by atoms with Crippen LogP contribution in [0.2, 0.25) is 0 Å². The summed E-state index contributed by atoms with van der Waals surface area (Å²) in [7, 11) is 0. The molecule has 106 valence electrons. The summed E-state index contributed by atoms with van der Waals surface area (Å²) in [5, 5.41) is 8.59. The van der Waals surface area contributed by atoms with E-state index >= 15 is 0 Å². The molecule has 0 aliphatic carbocycles. The lowest BCUT2D eigenvalue weighted by Crippen LogP contribution is -2.40. The average molecular weight is 277 g/mol. The molecule has 0 aromatic heterocycles. The summed E-state index contributed by atoms with van der Waals surface area (Å²) in [6, 6.07) is 9.08. The van der Waals surface area contributed by atoms with Crippen LogP contribution in [0.3, 0.4) is 0 Å². The first-order chi connectivity index (χ1) is 9.58. The van der Waals surface area contributed by atoms with Crippen molar-refractivity contribution in [3.05, 3.63) is 35.9 Å². The lowest BCUT2D eigenvalue weighted by molar-refractivity contribution is -0.140.